The summed E-state index contributed by atoms with van der Waals surface area (Å²) in [6, 6.07) is 7.07. The molecule has 0 aliphatic carbocycles. The standard InChI is InChI=1S/C84H90Cl4F2N18O15/c1-10-63(109)94-51-33-116-36-54(51)100-81-91-26-43-19-49(97-78(75(43)103-81)106-16-18-119-46(31-106)13-17-120-62-24-61(115-9)73(89)68(74(62)90)50-21-45-28-93-83(102-56-38-118-35-53(56)96-65(111)12-3)105-77(45)80(99-50)108-29-41(4)123-42(5)30-108)67-71(87)59(114-8)23-60(72(67)88)121-32-47-25-84(40-122-47)14-15-107(39-84)79-76-44(20-48(98-79)66-69(85)57(112-6)22-58(113-7)70(66)86)27-92-82(104-76)101-55-37-117-34-52(55)95-64(110)11-2/h10-12,19-24,26-28,41-42,46-47,51-56H,1-3,13-18,25,29-40H2,4-9H3,(H,94,109)(H,95,110)(H,96,111)(H,91,100,103)(H,92,101,104)(H,93,102,105)/t41?,42?,46?,47?,51-,52-,53-,54+,55+,56+,84?/m0/s1. The first-order valence-corrected chi connectivity index (χ1v) is 41.5. The van der Waals surface area contributed by atoms with E-state index in [1.807, 2.05) is 29.7 Å². The Bertz CT molecular complexity index is 5570. The van der Waals surface area contributed by atoms with Gasteiger partial charge in [0, 0.05) is 115 Å². The molecule has 3 aromatic carbocycles. The number of methoxy groups -OCH3 is 4. The number of benzene rings is 3. The first kappa shape index (κ1) is 85.7. The Morgan fingerprint density at radius 3 is 1.40 bits per heavy atom. The molecule has 6 N–H and O–H groups in total. The molecular formula is C84H90Cl4F2N18O15. The second kappa shape index (κ2) is 36.9. The van der Waals surface area contributed by atoms with Gasteiger partial charge in [0.2, 0.25) is 35.6 Å². The van der Waals surface area contributed by atoms with Crippen molar-refractivity contribution >= 4 is 132 Å². The minimum atomic E-state index is -1.03. The van der Waals surface area contributed by atoms with Crippen molar-refractivity contribution in [2.24, 2.45) is 5.41 Å². The molecule has 13 heterocycles. The summed E-state index contributed by atoms with van der Waals surface area (Å²) in [5.74, 6) is -0.634. The number of anilines is 6. The molecule has 7 aliphatic heterocycles. The van der Waals surface area contributed by atoms with Crippen molar-refractivity contribution in [3.63, 3.8) is 0 Å². The van der Waals surface area contributed by atoms with E-state index in [1.54, 1.807) is 36.8 Å². The molecule has 39 heteroatoms. The number of nitrogens with one attached hydrogen (secondary N) is 6. The van der Waals surface area contributed by atoms with E-state index in [0.29, 0.717) is 143 Å². The number of hydrogen-bond donors (Lipinski definition) is 6. The average Bonchev–Trinajstić information content (AvgIpc) is 1.70. The molecule has 648 valence electrons. The molecule has 0 radical (unpaired) electrons. The summed E-state index contributed by atoms with van der Waals surface area (Å²) in [6.07, 6.45) is 8.47. The molecule has 9 aromatic rings. The number of fused-ring (bicyclic) bond motifs is 3. The summed E-state index contributed by atoms with van der Waals surface area (Å²) in [5, 5.41) is 21.0. The Labute approximate surface area is 725 Å². The Morgan fingerprint density at radius 2 is 0.927 bits per heavy atom. The minimum Gasteiger partial charge on any atom is -0.495 e. The smallest absolute Gasteiger partial charge is 0.243 e. The molecule has 7 saturated heterocycles. The van der Waals surface area contributed by atoms with Crippen LogP contribution in [-0.2, 0) is 42.8 Å². The third kappa shape index (κ3) is 18.0. The van der Waals surface area contributed by atoms with Crippen LogP contribution in [0, 0.1) is 17.0 Å². The van der Waals surface area contributed by atoms with Crippen molar-refractivity contribution in [3.05, 3.63) is 125 Å². The number of halogens is 6. The van der Waals surface area contributed by atoms with E-state index in [1.165, 1.54) is 52.7 Å². The molecule has 0 bridgehead atoms. The van der Waals surface area contributed by atoms with E-state index in [4.69, 9.17) is 143 Å². The summed E-state index contributed by atoms with van der Waals surface area (Å²) in [6.45, 7) is 19.0. The highest BCUT2D eigenvalue weighted by Crippen LogP contribution is 2.51. The minimum absolute atomic E-state index is 0.0662. The lowest BCUT2D eigenvalue weighted by Gasteiger charge is -2.36. The summed E-state index contributed by atoms with van der Waals surface area (Å²) in [5.41, 5.74) is 1.78. The molecule has 7 fully saturated rings. The number of amides is 3. The summed E-state index contributed by atoms with van der Waals surface area (Å²) in [7, 11) is 5.76. The van der Waals surface area contributed by atoms with Gasteiger partial charge in [0.1, 0.15) is 46.2 Å². The Morgan fingerprint density at radius 1 is 0.504 bits per heavy atom. The van der Waals surface area contributed by atoms with Gasteiger partial charge in [0.05, 0.1) is 191 Å². The van der Waals surface area contributed by atoms with Crippen molar-refractivity contribution < 1.29 is 80.0 Å². The maximum absolute atomic E-state index is 17.5. The maximum Gasteiger partial charge on any atom is 0.243 e. The number of hydrogen-bond acceptors (Lipinski definition) is 30. The van der Waals surface area contributed by atoms with Crippen LogP contribution in [0.2, 0.25) is 20.1 Å². The number of carbonyl (C=O) groups is 3. The zero-order chi connectivity index (χ0) is 86.1. The van der Waals surface area contributed by atoms with Crippen LogP contribution in [0.1, 0.15) is 33.1 Å². The summed E-state index contributed by atoms with van der Waals surface area (Å²) >= 11 is 29.1. The van der Waals surface area contributed by atoms with Crippen LogP contribution < -0.4 is 75.0 Å². The van der Waals surface area contributed by atoms with E-state index in [0.717, 1.165) is 6.07 Å². The molecule has 7 aliphatic rings. The van der Waals surface area contributed by atoms with E-state index in [9.17, 15) is 14.4 Å². The van der Waals surface area contributed by atoms with Crippen molar-refractivity contribution in [1.29, 1.82) is 0 Å². The lowest BCUT2D eigenvalue weighted by Crippen LogP contribution is -2.46. The van der Waals surface area contributed by atoms with Gasteiger partial charge in [-0.1, -0.05) is 66.1 Å². The van der Waals surface area contributed by atoms with Gasteiger partial charge in [-0.15, -0.1) is 0 Å². The molecule has 33 nitrogen and oxygen atoms in total. The highest BCUT2D eigenvalue weighted by Gasteiger charge is 2.47. The van der Waals surface area contributed by atoms with Gasteiger partial charge in [0.15, 0.2) is 40.6 Å². The van der Waals surface area contributed by atoms with Gasteiger partial charge in [-0.25, -0.2) is 53.6 Å². The molecule has 0 saturated carbocycles. The second-order valence-electron chi connectivity index (χ2n) is 31.0. The largest absolute Gasteiger partial charge is 0.495 e. The van der Waals surface area contributed by atoms with Crippen LogP contribution in [0.4, 0.5) is 44.1 Å². The van der Waals surface area contributed by atoms with Crippen LogP contribution in [0.15, 0.2) is 93.0 Å². The van der Waals surface area contributed by atoms with Crippen LogP contribution >= 0.6 is 46.4 Å². The summed E-state index contributed by atoms with van der Waals surface area (Å²) in [4.78, 5) is 88.2. The number of carbonyl (C=O) groups excluding carboxylic acids is 3. The molecule has 1 spiro atoms. The van der Waals surface area contributed by atoms with Crippen molar-refractivity contribution in [3.8, 4) is 68.3 Å². The van der Waals surface area contributed by atoms with Crippen molar-refractivity contribution in [2.75, 3.05) is 164 Å². The second-order valence-corrected chi connectivity index (χ2v) is 32.5. The average molecular weight is 1770 g/mol. The lowest BCUT2D eigenvalue weighted by atomic mass is 9.85. The van der Waals surface area contributed by atoms with Crippen LogP contribution in [0.3, 0.4) is 0 Å². The topological polar surface area (TPSA) is 360 Å². The molecule has 3 amide bonds. The fraction of sp³-hybridized carbons (Fsp3) is 0.429. The first-order valence-electron chi connectivity index (χ1n) is 40.0. The number of pyridine rings is 3. The number of ether oxygens (including phenoxy) is 12. The van der Waals surface area contributed by atoms with Crippen molar-refractivity contribution in [2.45, 2.75) is 93.8 Å². The van der Waals surface area contributed by atoms with E-state index < -0.39 is 53.6 Å². The zero-order valence-corrected chi connectivity index (χ0v) is 71.0. The Balaban J connectivity index is 0.661. The van der Waals surface area contributed by atoms with E-state index in [2.05, 4.69) is 61.5 Å². The molecule has 5 unspecified atom stereocenters. The Hall–Kier alpha value is -10.9. The SMILES string of the molecule is C=CC(=O)N[C@H]1COC[C@H]1Nc1ncc2cc(-c3c(F)c(OC)cc(OCCC4CN(c5nc(-c6c(Cl)c(OC)cc(OCC7CC8(CCN(c9nc(-c%10c(Cl)c(OC)cc(OC)c%10Cl)cc%10cnc(N[C@@H]%11COC[C@@H]%11NC(=O)C=C)nc9%10)C8)CO7)c6Cl)cc6cnc(N[C@@H]7COC[C@@H]7NC(=O)C=C)nc56)CCO4)c3F)nc(N3CC(C)OC(C)C3)c2n1. The number of nitrogens with zero attached hydrogens (tertiary/aromatic N) is 12. The highest BCUT2D eigenvalue weighted by atomic mass is 35.5. The van der Waals surface area contributed by atoms with E-state index in [-0.39, 0.29) is 179 Å². The molecule has 11 atom stereocenters. The third-order valence-electron chi connectivity index (χ3n) is 22.7. The number of rotatable bonds is 29. The lowest BCUT2D eigenvalue weighted by molar-refractivity contribution is -0.118. The number of morpholine rings is 2. The zero-order valence-electron chi connectivity index (χ0n) is 68.0. The predicted molar refractivity (Wildman–Crippen MR) is 459 cm³/mol. The van der Waals surface area contributed by atoms with Gasteiger partial charge >= 0.3 is 0 Å². The first-order chi connectivity index (χ1) is 59.5. The maximum atomic E-state index is 17.5. The summed E-state index contributed by atoms with van der Waals surface area (Å²) < 4.78 is 107. The normalized spacial score (nSPS) is 23.2. The van der Waals surface area contributed by atoms with Crippen LogP contribution in [0.25, 0.3) is 66.5 Å². The van der Waals surface area contributed by atoms with Crippen LogP contribution in [-0.4, -0.2) is 257 Å². The molecular weight excluding hydrogens is 1680 g/mol. The Kier molecular flexibility index (Phi) is 25.7. The third-order valence-corrected chi connectivity index (χ3v) is 24.2. The highest BCUT2D eigenvalue weighted by molar-refractivity contribution is 6.42. The van der Waals surface area contributed by atoms with Gasteiger partial charge in [-0.2, -0.15) is 0 Å². The molecule has 123 heavy (non-hydrogen) atoms. The monoisotopic (exact) mass is 1770 g/mol. The van der Waals surface area contributed by atoms with Gasteiger partial charge in [0.25, 0.3) is 0 Å². The van der Waals surface area contributed by atoms with Gasteiger partial charge in [-0.05, 0) is 63.1 Å². The number of aromatic nitrogens is 9. The molecule has 16 rings (SSSR count). The molecule has 6 aromatic heterocycles. The van der Waals surface area contributed by atoms with Gasteiger partial charge < -0.3 is 103 Å². The fourth-order valence-corrected chi connectivity index (χ4v) is 18.0. The predicted octanol–water partition coefficient (Wildman–Crippen LogP) is 10.4. The van der Waals surface area contributed by atoms with Crippen molar-refractivity contribution in [1.82, 2.24) is 60.8 Å². The quantitative estimate of drug-likeness (QED) is 0.0237. The van der Waals surface area contributed by atoms with E-state index >= 15 is 8.78 Å². The van der Waals surface area contributed by atoms with Gasteiger partial charge in [-0.3, -0.25) is 14.4 Å². The fourth-order valence-electron chi connectivity index (χ4n) is 16.6. The van der Waals surface area contributed by atoms with Crippen LogP contribution in [0.5, 0.6) is 34.5 Å².